The highest BCUT2D eigenvalue weighted by Gasteiger charge is 2.15. The van der Waals surface area contributed by atoms with E-state index in [9.17, 15) is 13.2 Å². The largest absolute Gasteiger partial charge is 0.295 e. The van der Waals surface area contributed by atoms with E-state index in [0.717, 1.165) is 0 Å². The minimum Gasteiger partial charge on any atom is -0.295 e. The minimum atomic E-state index is -3.77. The number of aromatic nitrogens is 1. The number of nitrogens with zero attached hydrogens (tertiary/aromatic N) is 1. The molecule has 0 unspecified atom stereocenters. The summed E-state index contributed by atoms with van der Waals surface area (Å²) in [6.07, 6.45) is 1.40. The van der Waals surface area contributed by atoms with Crippen LogP contribution in [0.25, 0.3) is 0 Å². The number of nitrogens with one attached hydrogen (secondary N) is 1. The van der Waals surface area contributed by atoms with Gasteiger partial charge in [0.15, 0.2) is 5.78 Å². The maximum absolute atomic E-state index is 12.2. The Labute approximate surface area is 121 Å². The molecule has 0 aliphatic rings. The second-order valence-electron chi connectivity index (χ2n) is 4.06. The van der Waals surface area contributed by atoms with Crippen molar-refractivity contribution in [3.63, 3.8) is 0 Å². The fraction of sp³-hybridized carbons (Fsp3) is 0.0769. The Hall–Kier alpha value is -1.92. The molecule has 0 aliphatic heterocycles. The Kier molecular flexibility index (Phi) is 4.06. The van der Waals surface area contributed by atoms with E-state index in [-0.39, 0.29) is 15.8 Å². The normalized spacial score (nSPS) is 11.1. The quantitative estimate of drug-likeness (QED) is 0.696. The lowest BCUT2D eigenvalue weighted by molar-refractivity contribution is 0.101. The first-order chi connectivity index (χ1) is 9.38. The number of rotatable bonds is 4. The van der Waals surface area contributed by atoms with Gasteiger partial charge >= 0.3 is 0 Å². The maximum Gasteiger partial charge on any atom is 0.261 e. The smallest absolute Gasteiger partial charge is 0.261 e. The van der Waals surface area contributed by atoms with Crippen LogP contribution in [0.2, 0.25) is 5.15 Å². The van der Waals surface area contributed by atoms with Gasteiger partial charge in [0, 0.05) is 11.8 Å². The molecule has 0 atom stereocenters. The van der Waals surface area contributed by atoms with Gasteiger partial charge in [-0.3, -0.25) is 9.52 Å². The molecule has 0 amide bonds. The molecule has 1 aromatic heterocycles. The third kappa shape index (κ3) is 3.34. The first-order valence-electron chi connectivity index (χ1n) is 5.64. The van der Waals surface area contributed by atoms with Gasteiger partial charge in [0.1, 0.15) is 5.15 Å². The van der Waals surface area contributed by atoms with Crippen LogP contribution in [0.5, 0.6) is 0 Å². The molecule has 0 radical (unpaired) electrons. The molecule has 1 aromatic carbocycles. The summed E-state index contributed by atoms with van der Waals surface area (Å²) in [7, 11) is -3.77. The van der Waals surface area contributed by atoms with Gasteiger partial charge in [-0.25, -0.2) is 13.4 Å². The van der Waals surface area contributed by atoms with Crippen LogP contribution in [0.3, 0.4) is 0 Å². The molecule has 0 aliphatic carbocycles. The van der Waals surface area contributed by atoms with Gasteiger partial charge in [-0.2, -0.15) is 0 Å². The molecule has 2 aromatic rings. The number of Topliss-reactive ketones (excluding diaryl/α,β-unsaturated/α-hetero) is 1. The van der Waals surface area contributed by atoms with E-state index in [2.05, 4.69) is 9.71 Å². The number of anilines is 1. The number of hydrogen-bond acceptors (Lipinski definition) is 4. The Bertz CT molecular complexity index is 760. The molecule has 5 nitrogen and oxygen atoms in total. The number of hydrogen-bond donors (Lipinski definition) is 1. The third-order valence-electron chi connectivity index (χ3n) is 2.53. The van der Waals surface area contributed by atoms with Crippen molar-refractivity contribution in [1.29, 1.82) is 0 Å². The van der Waals surface area contributed by atoms with Gasteiger partial charge in [-0.15, -0.1) is 0 Å². The molecule has 0 spiro atoms. The topological polar surface area (TPSA) is 76.1 Å². The molecule has 0 bridgehead atoms. The predicted molar refractivity (Wildman–Crippen MR) is 76.5 cm³/mol. The minimum absolute atomic E-state index is 0.0122. The standard InChI is InChI=1S/C13H11ClN2O3S/c1-9(17)10-3-2-4-12(7-10)20(18,19)16-11-5-6-15-13(14)8-11/h2-8H,1H3,(H,15,16). The molecular weight excluding hydrogens is 300 g/mol. The van der Waals surface area contributed by atoms with Gasteiger partial charge < -0.3 is 0 Å². The Balaban J connectivity index is 2.35. The zero-order valence-corrected chi connectivity index (χ0v) is 12.1. The summed E-state index contributed by atoms with van der Waals surface area (Å²) in [4.78, 5) is 15.1. The highest BCUT2D eigenvalue weighted by Crippen LogP contribution is 2.18. The Morgan fingerprint density at radius 1 is 1.25 bits per heavy atom. The summed E-state index contributed by atoms with van der Waals surface area (Å²) < 4.78 is 26.8. The summed E-state index contributed by atoms with van der Waals surface area (Å²) in [6.45, 7) is 1.38. The summed E-state index contributed by atoms with van der Waals surface area (Å²) >= 11 is 5.70. The predicted octanol–water partition coefficient (Wildman–Crippen LogP) is 2.74. The molecular formula is C13H11ClN2O3S. The van der Waals surface area contributed by atoms with E-state index < -0.39 is 10.0 Å². The van der Waals surface area contributed by atoms with Crippen LogP contribution in [0.1, 0.15) is 17.3 Å². The van der Waals surface area contributed by atoms with E-state index >= 15 is 0 Å². The van der Waals surface area contributed by atoms with Crippen molar-refractivity contribution in [3.05, 3.63) is 53.3 Å². The lowest BCUT2D eigenvalue weighted by atomic mass is 10.2. The van der Waals surface area contributed by atoms with Crippen LogP contribution in [0, 0.1) is 0 Å². The Morgan fingerprint density at radius 2 is 2.00 bits per heavy atom. The highest BCUT2D eigenvalue weighted by molar-refractivity contribution is 7.92. The molecule has 0 saturated heterocycles. The van der Waals surface area contributed by atoms with Crippen molar-refractivity contribution >= 4 is 33.1 Å². The summed E-state index contributed by atoms with van der Waals surface area (Å²) in [5.74, 6) is -0.200. The van der Waals surface area contributed by atoms with Gasteiger partial charge in [-0.1, -0.05) is 23.7 Å². The van der Waals surface area contributed by atoms with Crippen LogP contribution in [-0.2, 0) is 10.0 Å². The van der Waals surface area contributed by atoms with Crippen LogP contribution in [-0.4, -0.2) is 19.2 Å². The zero-order valence-electron chi connectivity index (χ0n) is 10.5. The van der Waals surface area contributed by atoms with E-state index in [1.165, 1.54) is 43.5 Å². The maximum atomic E-state index is 12.2. The monoisotopic (exact) mass is 310 g/mol. The second kappa shape index (κ2) is 5.60. The molecule has 104 valence electrons. The fourth-order valence-electron chi connectivity index (χ4n) is 1.56. The SMILES string of the molecule is CC(=O)c1cccc(S(=O)(=O)Nc2ccnc(Cl)c2)c1. The van der Waals surface area contributed by atoms with Gasteiger partial charge in [0.2, 0.25) is 0 Å². The summed E-state index contributed by atoms with van der Waals surface area (Å²) in [5.41, 5.74) is 0.638. The fourth-order valence-corrected chi connectivity index (χ4v) is 2.83. The van der Waals surface area contributed by atoms with Crippen molar-refractivity contribution in [3.8, 4) is 0 Å². The van der Waals surface area contributed by atoms with Crippen molar-refractivity contribution in [2.24, 2.45) is 0 Å². The molecule has 0 saturated carbocycles. The van der Waals surface area contributed by atoms with Crippen molar-refractivity contribution in [2.45, 2.75) is 11.8 Å². The van der Waals surface area contributed by atoms with E-state index in [1.54, 1.807) is 6.07 Å². The number of carbonyl (C=O) groups excluding carboxylic acids is 1. The van der Waals surface area contributed by atoms with Gasteiger partial charge in [0.25, 0.3) is 10.0 Å². The molecule has 1 heterocycles. The van der Waals surface area contributed by atoms with Crippen LogP contribution < -0.4 is 4.72 Å². The molecule has 0 fully saturated rings. The molecule has 2 rings (SSSR count). The number of halogens is 1. The van der Waals surface area contributed by atoms with E-state index in [0.29, 0.717) is 11.3 Å². The summed E-state index contributed by atoms with van der Waals surface area (Å²) in [6, 6.07) is 8.70. The Morgan fingerprint density at radius 3 is 2.65 bits per heavy atom. The van der Waals surface area contributed by atoms with Crippen LogP contribution in [0.4, 0.5) is 5.69 Å². The number of benzene rings is 1. The first kappa shape index (κ1) is 14.5. The number of pyridine rings is 1. The lowest BCUT2D eigenvalue weighted by Crippen LogP contribution is -2.13. The molecule has 1 N–H and O–H groups in total. The number of ketones is 1. The lowest BCUT2D eigenvalue weighted by Gasteiger charge is -2.08. The first-order valence-corrected chi connectivity index (χ1v) is 7.50. The highest BCUT2D eigenvalue weighted by atomic mass is 35.5. The average molecular weight is 311 g/mol. The third-order valence-corrected chi connectivity index (χ3v) is 4.12. The van der Waals surface area contributed by atoms with E-state index in [1.807, 2.05) is 0 Å². The van der Waals surface area contributed by atoms with Crippen molar-refractivity contribution in [2.75, 3.05) is 4.72 Å². The van der Waals surface area contributed by atoms with Gasteiger partial charge in [-0.05, 0) is 31.2 Å². The van der Waals surface area contributed by atoms with Crippen molar-refractivity contribution in [1.82, 2.24) is 4.98 Å². The van der Waals surface area contributed by atoms with Gasteiger partial charge in [0.05, 0.1) is 10.6 Å². The number of sulfonamides is 1. The van der Waals surface area contributed by atoms with Crippen LogP contribution >= 0.6 is 11.6 Å². The summed E-state index contributed by atoms with van der Waals surface area (Å²) in [5, 5.41) is 0.183. The molecule has 7 heteroatoms. The van der Waals surface area contributed by atoms with Crippen molar-refractivity contribution < 1.29 is 13.2 Å². The second-order valence-corrected chi connectivity index (χ2v) is 6.13. The average Bonchev–Trinajstić information content (AvgIpc) is 2.38. The molecule has 20 heavy (non-hydrogen) atoms. The van der Waals surface area contributed by atoms with Crippen LogP contribution in [0.15, 0.2) is 47.5 Å². The zero-order chi connectivity index (χ0) is 14.8. The number of carbonyl (C=O) groups is 1. The van der Waals surface area contributed by atoms with E-state index in [4.69, 9.17) is 11.6 Å².